The van der Waals surface area contributed by atoms with Crippen LogP contribution in [-0.2, 0) is 6.54 Å². The highest BCUT2D eigenvalue weighted by atomic mass is 16.5. The fourth-order valence-corrected chi connectivity index (χ4v) is 1.42. The predicted octanol–water partition coefficient (Wildman–Crippen LogP) is 2.29. The van der Waals surface area contributed by atoms with E-state index in [0.717, 1.165) is 17.1 Å². The van der Waals surface area contributed by atoms with Gasteiger partial charge in [-0.15, -0.1) is 0 Å². The molecular formula is C12H12N2O3. The van der Waals surface area contributed by atoms with E-state index >= 15 is 0 Å². The molecular weight excluding hydrogens is 220 g/mol. The smallest absolute Gasteiger partial charge is 0.335 e. The number of aromatic carboxylic acids is 1. The normalized spacial score (nSPS) is 10.2. The third kappa shape index (κ3) is 2.84. The first-order valence-electron chi connectivity index (χ1n) is 5.14. The van der Waals surface area contributed by atoms with Gasteiger partial charge >= 0.3 is 5.97 Å². The molecule has 88 valence electrons. The molecule has 0 radical (unpaired) electrons. The lowest BCUT2D eigenvalue weighted by atomic mass is 10.2. The summed E-state index contributed by atoms with van der Waals surface area (Å²) in [6.45, 7) is 2.38. The molecule has 0 spiro atoms. The molecule has 0 bridgehead atoms. The van der Waals surface area contributed by atoms with E-state index in [9.17, 15) is 4.79 Å². The number of hydrogen-bond donors (Lipinski definition) is 2. The number of hydrogen-bond acceptors (Lipinski definition) is 4. The van der Waals surface area contributed by atoms with E-state index < -0.39 is 5.97 Å². The number of carboxylic acid groups (broad SMARTS) is 1. The maximum Gasteiger partial charge on any atom is 0.335 e. The van der Waals surface area contributed by atoms with Gasteiger partial charge in [0.05, 0.1) is 17.8 Å². The molecule has 0 saturated heterocycles. The van der Waals surface area contributed by atoms with Crippen LogP contribution < -0.4 is 5.32 Å². The third-order valence-corrected chi connectivity index (χ3v) is 2.28. The maximum atomic E-state index is 10.7. The lowest BCUT2D eigenvalue weighted by molar-refractivity contribution is 0.0697. The third-order valence-electron chi connectivity index (χ3n) is 2.28. The minimum absolute atomic E-state index is 0.269. The quantitative estimate of drug-likeness (QED) is 0.845. The summed E-state index contributed by atoms with van der Waals surface area (Å²) in [6.07, 6.45) is 0. The fourth-order valence-electron chi connectivity index (χ4n) is 1.42. The Morgan fingerprint density at radius 2 is 2.12 bits per heavy atom. The first-order chi connectivity index (χ1) is 8.15. The average molecular weight is 232 g/mol. The fraction of sp³-hybridized carbons (Fsp3) is 0.167. The molecule has 2 rings (SSSR count). The van der Waals surface area contributed by atoms with Crippen molar-refractivity contribution in [1.82, 2.24) is 5.16 Å². The minimum Gasteiger partial charge on any atom is -0.478 e. The van der Waals surface area contributed by atoms with Crippen LogP contribution in [0.5, 0.6) is 0 Å². The molecule has 1 aromatic carbocycles. The molecule has 17 heavy (non-hydrogen) atoms. The van der Waals surface area contributed by atoms with Gasteiger partial charge in [-0.05, 0) is 31.2 Å². The lowest BCUT2D eigenvalue weighted by Gasteiger charge is -2.03. The number of nitrogens with one attached hydrogen (secondary N) is 1. The molecule has 0 atom stereocenters. The molecule has 0 aliphatic carbocycles. The molecule has 0 saturated carbocycles. The predicted molar refractivity (Wildman–Crippen MR) is 62.0 cm³/mol. The number of anilines is 1. The SMILES string of the molecule is Cc1cc(CNc2ccc(C(=O)O)cc2)on1. The number of carboxylic acids is 1. The summed E-state index contributed by atoms with van der Waals surface area (Å²) in [7, 11) is 0. The molecule has 0 unspecified atom stereocenters. The number of carbonyl (C=O) groups is 1. The van der Waals surface area contributed by atoms with Gasteiger partial charge in [0.1, 0.15) is 0 Å². The van der Waals surface area contributed by atoms with Crippen LogP contribution in [0.4, 0.5) is 5.69 Å². The second-order valence-electron chi connectivity index (χ2n) is 3.67. The van der Waals surface area contributed by atoms with Crippen LogP contribution in [0.1, 0.15) is 21.8 Å². The zero-order valence-corrected chi connectivity index (χ0v) is 9.30. The van der Waals surface area contributed by atoms with Crippen LogP contribution in [0.3, 0.4) is 0 Å². The van der Waals surface area contributed by atoms with Crippen molar-refractivity contribution < 1.29 is 14.4 Å². The molecule has 1 aromatic heterocycles. The van der Waals surface area contributed by atoms with Gasteiger partial charge in [0, 0.05) is 11.8 Å². The van der Waals surface area contributed by atoms with E-state index in [1.54, 1.807) is 24.3 Å². The highest BCUT2D eigenvalue weighted by Gasteiger charge is 2.03. The van der Waals surface area contributed by atoms with Crippen molar-refractivity contribution >= 4 is 11.7 Å². The summed E-state index contributed by atoms with van der Waals surface area (Å²) in [6, 6.07) is 8.38. The van der Waals surface area contributed by atoms with Gasteiger partial charge in [-0.25, -0.2) is 4.79 Å². The summed E-state index contributed by atoms with van der Waals surface area (Å²) < 4.78 is 5.04. The van der Waals surface area contributed by atoms with E-state index in [1.165, 1.54) is 0 Å². The van der Waals surface area contributed by atoms with E-state index in [4.69, 9.17) is 9.63 Å². The van der Waals surface area contributed by atoms with Crippen molar-refractivity contribution in [1.29, 1.82) is 0 Å². The molecule has 5 heteroatoms. The number of aromatic nitrogens is 1. The maximum absolute atomic E-state index is 10.7. The summed E-state index contributed by atoms with van der Waals surface area (Å²) in [5.74, 6) is -0.188. The van der Waals surface area contributed by atoms with E-state index in [-0.39, 0.29) is 5.56 Å². The van der Waals surface area contributed by atoms with Crippen molar-refractivity contribution in [2.45, 2.75) is 13.5 Å². The minimum atomic E-state index is -0.928. The van der Waals surface area contributed by atoms with Gasteiger partial charge in [-0.2, -0.15) is 0 Å². The van der Waals surface area contributed by atoms with E-state index in [1.807, 2.05) is 13.0 Å². The number of rotatable bonds is 4. The van der Waals surface area contributed by atoms with E-state index in [0.29, 0.717) is 6.54 Å². The Kier molecular flexibility index (Phi) is 3.09. The van der Waals surface area contributed by atoms with Crippen LogP contribution in [0, 0.1) is 6.92 Å². The van der Waals surface area contributed by atoms with Crippen molar-refractivity contribution in [3.05, 3.63) is 47.3 Å². The summed E-state index contributed by atoms with van der Waals surface area (Å²) >= 11 is 0. The number of nitrogens with zero attached hydrogens (tertiary/aromatic N) is 1. The molecule has 2 N–H and O–H groups in total. The Morgan fingerprint density at radius 1 is 1.41 bits per heavy atom. The Morgan fingerprint density at radius 3 is 2.65 bits per heavy atom. The Balaban J connectivity index is 1.97. The van der Waals surface area contributed by atoms with Gasteiger partial charge < -0.3 is 14.9 Å². The van der Waals surface area contributed by atoms with Crippen LogP contribution in [0.25, 0.3) is 0 Å². The van der Waals surface area contributed by atoms with Crippen molar-refractivity contribution in [3.8, 4) is 0 Å². The Labute approximate surface area is 98.1 Å². The second kappa shape index (κ2) is 4.69. The summed E-state index contributed by atoms with van der Waals surface area (Å²) in [5.41, 5.74) is 1.94. The Hall–Kier alpha value is -2.30. The van der Waals surface area contributed by atoms with Gasteiger partial charge in [0.25, 0.3) is 0 Å². The summed E-state index contributed by atoms with van der Waals surface area (Å²) in [5, 5.41) is 15.6. The van der Waals surface area contributed by atoms with Gasteiger partial charge in [-0.3, -0.25) is 0 Å². The van der Waals surface area contributed by atoms with Crippen molar-refractivity contribution in [2.75, 3.05) is 5.32 Å². The zero-order valence-electron chi connectivity index (χ0n) is 9.30. The monoisotopic (exact) mass is 232 g/mol. The largest absolute Gasteiger partial charge is 0.478 e. The summed E-state index contributed by atoms with van der Waals surface area (Å²) in [4.78, 5) is 10.7. The highest BCUT2D eigenvalue weighted by Crippen LogP contribution is 2.11. The highest BCUT2D eigenvalue weighted by molar-refractivity contribution is 5.87. The molecule has 1 heterocycles. The molecule has 5 nitrogen and oxygen atoms in total. The molecule has 0 amide bonds. The van der Waals surface area contributed by atoms with Crippen molar-refractivity contribution in [2.24, 2.45) is 0 Å². The van der Waals surface area contributed by atoms with Crippen LogP contribution in [-0.4, -0.2) is 16.2 Å². The number of benzene rings is 1. The van der Waals surface area contributed by atoms with Gasteiger partial charge in [0.2, 0.25) is 0 Å². The van der Waals surface area contributed by atoms with Gasteiger partial charge in [0.15, 0.2) is 5.76 Å². The van der Waals surface area contributed by atoms with Crippen LogP contribution >= 0.6 is 0 Å². The first kappa shape index (κ1) is 11.2. The molecule has 0 fully saturated rings. The van der Waals surface area contributed by atoms with Gasteiger partial charge in [-0.1, -0.05) is 5.16 Å². The average Bonchev–Trinajstić information content (AvgIpc) is 2.73. The van der Waals surface area contributed by atoms with E-state index in [2.05, 4.69) is 10.5 Å². The zero-order chi connectivity index (χ0) is 12.3. The molecule has 2 aromatic rings. The second-order valence-corrected chi connectivity index (χ2v) is 3.67. The molecule has 0 aliphatic rings. The van der Waals surface area contributed by atoms with Crippen LogP contribution in [0.2, 0.25) is 0 Å². The molecule has 0 aliphatic heterocycles. The first-order valence-corrected chi connectivity index (χ1v) is 5.14. The topological polar surface area (TPSA) is 75.4 Å². The van der Waals surface area contributed by atoms with Crippen molar-refractivity contribution in [3.63, 3.8) is 0 Å². The number of aryl methyl sites for hydroxylation is 1. The Bertz CT molecular complexity index is 517. The standard InChI is InChI=1S/C12H12N2O3/c1-8-6-11(17-14-8)7-13-10-4-2-9(3-5-10)12(15)16/h2-6,13H,7H2,1H3,(H,15,16). The van der Waals surface area contributed by atoms with Crippen LogP contribution in [0.15, 0.2) is 34.9 Å². The lowest BCUT2D eigenvalue weighted by Crippen LogP contribution is -2.00.